The Kier molecular flexibility index (Phi) is 4.40. The molecule has 0 fully saturated rings. The molecule has 1 N–H and O–H groups in total. The molecule has 0 aromatic heterocycles. The highest BCUT2D eigenvalue weighted by molar-refractivity contribution is 5.44. The number of aliphatic hydroxyl groups is 1. The minimum atomic E-state index is -1.43. The first-order valence-corrected chi connectivity index (χ1v) is 6.77. The third kappa shape index (κ3) is 2.83. The Bertz CT molecular complexity index is 579. The van der Waals surface area contributed by atoms with Gasteiger partial charge in [-0.15, -0.1) is 0 Å². The molecule has 1 atom stereocenters. The molecular formula is C17H19FO2. The molecule has 106 valence electrons. The molecule has 20 heavy (non-hydrogen) atoms. The van der Waals surface area contributed by atoms with E-state index in [1.54, 1.807) is 37.3 Å². The highest BCUT2D eigenvalue weighted by atomic mass is 19.1. The van der Waals surface area contributed by atoms with E-state index in [0.717, 1.165) is 6.42 Å². The lowest BCUT2D eigenvalue weighted by molar-refractivity contribution is 0.0937. The topological polar surface area (TPSA) is 29.5 Å². The summed E-state index contributed by atoms with van der Waals surface area (Å²) in [6.07, 6.45) is 0.871. The predicted molar refractivity (Wildman–Crippen MR) is 77.3 cm³/mol. The quantitative estimate of drug-likeness (QED) is 0.896. The molecule has 0 aliphatic heterocycles. The standard InChI is InChI=1S/C17H19FO2/c1-3-12-20-16-11-7-5-9-14(16)17(2,19)13-8-4-6-10-15(13)18/h4-11,19H,3,12H2,1-2H3. The van der Waals surface area contributed by atoms with Gasteiger partial charge in [-0.05, 0) is 25.5 Å². The van der Waals surface area contributed by atoms with Crippen molar-refractivity contribution in [1.82, 2.24) is 0 Å². The predicted octanol–water partition coefficient (Wildman–Crippen LogP) is 3.87. The molecule has 0 radical (unpaired) electrons. The second-order valence-corrected chi connectivity index (χ2v) is 4.90. The van der Waals surface area contributed by atoms with E-state index >= 15 is 0 Å². The van der Waals surface area contributed by atoms with Crippen molar-refractivity contribution in [3.8, 4) is 5.75 Å². The van der Waals surface area contributed by atoms with Gasteiger partial charge in [0.15, 0.2) is 0 Å². The van der Waals surface area contributed by atoms with Gasteiger partial charge >= 0.3 is 0 Å². The maximum Gasteiger partial charge on any atom is 0.129 e. The highest BCUT2D eigenvalue weighted by Crippen LogP contribution is 2.36. The normalized spacial score (nSPS) is 13.8. The summed E-state index contributed by atoms with van der Waals surface area (Å²) in [5, 5.41) is 10.8. The van der Waals surface area contributed by atoms with Crippen molar-refractivity contribution in [3.63, 3.8) is 0 Å². The van der Waals surface area contributed by atoms with E-state index in [2.05, 4.69) is 0 Å². The van der Waals surface area contributed by atoms with Crippen LogP contribution in [0.25, 0.3) is 0 Å². The summed E-state index contributed by atoms with van der Waals surface area (Å²) in [4.78, 5) is 0. The molecule has 1 unspecified atom stereocenters. The SMILES string of the molecule is CCCOc1ccccc1C(C)(O)c1ccccc1F. The molecular weight excluding hydrogens is 255 g/mol. The van der Waals surface area contributed by atoms with Crippen LogP contribution in [0.1, 0.15) is 31.4 Å². The first-order chi connectivity index (χ1) is 9.57. The lowest BCUT2D eigenvalue weighted by Crippen LogP contribution is -2.25. The maximum absolute atomic E-state index is 14.0. The Hall–Kier alpha value is -1.87. The Balaban J connectivity index is 2.46. The summed E-state index contributed by atoms with van der Waals surface area (Å²) in [5.41, 5.74) is -0.624. The summed E-state index contributed by atoms with van der Waals surface area (Å²) in [7, 11) is 0. The molecule has 3 heteroatoms. The fourth-order valence-corrected chi connectivity index (χ4v) is 2.21. The lowest BCUT2D eigenvalue weighted by atomic mass is 9.87. The summed E-state index contributed by atoms with van der Waals surface area (Å²) in [6, 6.07) is 13.5. The van der Waals surface area contributed by atoms with Gasteiger partial charge in [0, 0.05) is 11.1 Å². The fraction of sp³-hybridized carbons (Fsp3) is 0.294. The van der Waals surface area contributed by atoms with Gasteiger partial charge in [0.2, 0.25) is 0 Å². The van der Waals surface area contributed by atoms with Crippen molar-refractivity contribution in [1.29, 1.82) is 0 Å². The average molecular weight is 274 g/mol. The number of ether oxygens (including phenoxy) is 1. The van der Waals surface area contributed by atoms with E-state index in [1.165, 1.54) is 6.07 Å². The first kappa shape index (κ1) is 14.5. The van der Waals surface area contributed by atoms with Crippen molar-refractivity contribution in [2.24, 2.45) is 0 Å². The molecule has 2 rings (SSSR count). The van der Waals surface area contributed by atoms with Crippen LogP contribution in [-0.4, -0.2) is 11.7 Å². The van der Waals surface area contributed by atoms with Crippen LogP contribution in [0.15, 0.2) is 48.5 Å². The number of para-hydroxylation sites is 1. The Labute approximate surface area is 118 Å². The minimum absolute atomic E-state index is 0.243. The summed E-state index contributed by atoms with van der Waals surface area (Å²) in [5.74, 6) is 0.158. The van der Waals surface area contributed by atoms with Crippen molar-refractivity contribution in [2.75, 3.05) is 6.61 Å². The van der Waals surface area contributed by atoms with Gasteiger partial charge in [-0.2, -0.15) is 0 Å². The molecule has 0 heterocycles. The highest BCUT2D eigenvalue weighted by Gasteiger charge is 2.31. The molecule has 0 aliphatic rings. The van der Waals surface area contributed by atoms with Crippen LogP contribution >= 0.6 is 0 Å². The van der Waals surface area contributed by atoms with E-state index in [1.807, 2.05) is 19.1 Å². The molecule has 0 amide bonds. The van der Waals surface area contributed by atoms with Gasteiger partial charge in [-0.1, -0.05) is 43.3 Å². The number of hydrogen-bond acceptors (Lipinski definition) is 2. The third-order valence-electron chi connectivity index (χ3n) is 3.27. The average Bonchev–Trinajstić information content (AvgIpc) is 2.45. The van der Waals surface area contributed by atoms with Crippen LogP contribution in [0.5, 0.6) is 5.75 Å². The molecule has 0 saturated heterocycles. The summed E-state index contributed by atoms with van der Waals surface area (Å²) < 4.78 is 19.6. The van der Waals surface area contributed by atoms with E-state index in [4.69, 9.17) is 4.74 Å². The van der Waals surface area contributed by atoms with Crippen LogP contribution in [0, 0.1) is 5.82 Å². The van der Waals surface area contributed by atoms with Crippen molar-refractivity contribution >= 4 is 0 Å². The minimum Gasteiger partial charge on any atom is -0.493 e. The van der Waals surface area contributed by atoms with Crippen molar-refractivity contribution < 1.29 is 14.2 Å². The molecule has 0 spiro atoms. The maximum atomic E-state index is 14.0. The van der Waals surface area contributed by atoms with Gasteiger partial charge in [0.05, 0.1) is 6.61 Å². The largest absolute Gasteiger partial charge is 0.493 e. The fourth-order valence-electron chi connectivity index (χ4n) is 2.21. The van der Waals surface area contributed by atoms with Gasteiger partial charge in [-0.3, -0.25) is 0 Å². The Morgan fingerprint density at radius 1 is 1.05 bits per heavy atom. The molecule has 0 saturated carbocycles. The zero-order valence-corrected chi connectivity index (χ0v) is 11.8. The monoisotopic (exact) mass is 274 g/mol. The molecule has 2 nitrogen and oxygen atoms in total. The Morgan fingerprint density at radius 2 is 1.65 bits per heavy atom. The molecule has 0 aliphatic carbocycles. The third-order valence-corrected chi connectivity index (χ3v) is 3.27. The van der Waals surface area contributed by atoms with Crippen LogP contribution in [0.3, 0.4) is 0 Å². The van der Waals surface area contributed by atoms with Crippen LogP contribution < -0.4 is 4.74 Å². The van der Waals surface area contributed by atoms with E-state index in [-0.39, 0.29) is 5.56 Å². The summed E-state index contributed by atoms with van der Waals surface area (Å²) >= 11 is 0. The van der Waals surface area contributed by atoms with E-state index in [0.29, 0.717) is 17.9 Å². The van der Waals surface area contributed by atoms with Crippen molar-refractivity contribution in [2.45, 2.75) is 25.9 Å². The number of hydrogen-bond donors (Lipinski definition) is 1. The molecule has 0 bridgehead atoms. The van der Waals surface area contributed by atoms with E-state index in [9.17, 15) is 9.50 Å². The summed E-state index contributed by atoms with van der Waals surface area (Å²) in [6.45, 7) is 4.15. The second-order valence-electron chi connectivity index (χ2n) is 4.90. The zero-order valence-electron chi connectivity index (χ0n) is 11.8. The van der Waals surface area contributed by atoms with Crippen LogP contribution in [0.4, 0.5) is 4.39 Å². The molecule has 2 aromatic rings. The van der Waals surface area contributed by atoms with Crippen molar-refractivity contribution in [3.05, 3.63) is 65.5 Å². The van der Waals surface area contributed by atoms with Crippen LogP contribution in [-0.2, 0) is 5.60 Å². The van der Waals surface area contributed by atoms with Gasteiger partial charge in [0.1, 0.15) is 17.2 Å². The number of halogens is 1. The van der Waals surface area contributed by atoms with E-state index < -0.39 is 11.4 Å². The number of benzene rings is 2. The van der Waals surface area contributed by atoms with Gasteiger partial charge in [-0.25, -0.2) is 4.39 Å². The second kappa shape index (κ2) is 6.06. The first-order valence-electron chi connectivity index (χ1n) is 6.77. The van der Waals surface area contributed by atoms with Gasteiger partial charge < -0.3 is 9.84 Å². The zero-order chi connectivity index (χ0) is 14.6. The van der Waals surface area contributed by atoms with Crippen LogP contribution in [0.2, 0.25) is 0 Å². The lowest BCUT2D eigenvalue weighted by Gasteiger charge is -2.27. The number of rotatable bonds is 5. The molecule has 2 aromatic carbocycles. The smallest absolute Gasteiger partial charge is 0.129 e. The van der Waals surface area contributed by atoms with Gasteiger partial charge in [0.25, 0.3) is 0 Å². The Morgan fingerprint density at radius 3 is 2.30 bits per heavy atom.